The second-order valence-corrected chi connectivity index (χ2v) is 4.15. The van der Waals surface area contributed by atoms with Crippen LogP contribution < -0.4 is 4.74 Å². The second kappa shape index (κ2) is 3.98. The SMILES string of the molecule is COc1ccc2c(c1)SC/C(=C/O)C2=O. The molecule has 2 rings (SSSR count). The number of hydrogen-bond donors (Lipinski definition) is 1. The van der Waals surface area contributed by atoms with Gasteiger partial charge in [-0.2, -0.15) is 0 Å². The fraction of sp³-hybridized carbons (Fsp3) is 0.182. The van der Waals surface area contributed by atoms with Gasteiger partial charge >= 0.3 is 0 Å². The molecular formula is C11H10O3S. The van der Waals surface area contributed by atoms with Crippen LogP contribution in [0.3, 0.4) is 0 Å². The molecule has 0 atom stereocenters. The van der Waals surface area contributed by atoms with Gasteiger partial charge in [0, 0.05) is 21.8 Å². The van der Waals surface area contributed by atoms with E-state index in [1.807, 2.05) is 6.07 Å². The van der Waals surface area contributed by atoms with E-state index in [0.29, 0.717) is 16.9 Å². The van der Waals surface area contributed by atoms with Crippen molar-refractivity contribution in [2.45, 2.75) is 4.90 Å². The molecule has 0 unspecified atom stereocenters. The highest BCUT2D eigenvalue weighted by Crippen LogP contribution is 2.34. The third-order valence-electron chi connectivity index (χ3n) is 2.26. The third-order valence-corrected chi connectivity index (χ3v) is 3.37. The van der Waals surface area contributed by atoms with Crippen LogP contribution in [0.15, 0.2) is 34.9 Å². The van der Waals surface area contributed by atoms with Gasteiger partial charge in [0.1, 0.15) is 5.75 Å². The smallest absolute Gasteiger partial charge is 0.194 e. The zero-order valence-electron chi connectivity index (χ0n) is 8.19. The Kier molecular flexibility index (Phi) is 2.68. The molecule has 0 bridgehead atoms. The van der Waals surface area contributed by atoms with Crippen LogP contribution in [0.25, 0.3) is 0 Å². The van der Waals surface area contributed by atoms with Gasteiger partial charge in [-0.1, -0.05) is 0 Å². The first-order valence-electron chi connectivity index (χ1n) is 4.45. The van der Waals surface area contributed by atoms with Gasteiger partial charge in [0.05, 0.1) is 13.4 Å². The summed E-state index contributed by atoms with van der Waals surface area (Å²) in [6.45, 7) is 0. The number of ether oxygens (including phenoxy) is 1. The minimum Gasteiger partial charge on any atom is -0.515 e. The van der Waals surface area contributed by atoms with Crippen molar-refractivity contribution in [3.63, 3.8) is 0 Å². The Morgan fingerprint density at radius 2 is 2.33 bits per heavy atom. The van der Waals surface area contributed by atoms with E-state index in [2.05, 4.69) is 0 Å². The van der Waals surface area contributed by atoms with Crippen LogP contribution in [0.1, 0.15) is 10.4 Å². The minimum atomic E-state index is -0.103. The van der Waals surface area contributed by atoms with E-state index in [9.17, 15) is 4.79 Å². The number of thioether (sulfide) groups is 1. The van der Waals surface area contributed by atoms with Gasteiger partial charge in [-0.3, -0.25) is 4.79 Å². The van der Waals surface area contributed by atoms with Crippen molar-refractivity contribution >= 4 is 17.5 Å². The Labute approximate surface area is 91.8 Å². The van der Waals surface area contributed by atoms with Gasteiger partial charge in [-0.05, 0) is 18.2 Å². The van der Waals surface area contributed by atoms with Crippen LogP contribution in [0.2, 0.25) is 0 Å². The Hall–Kier alpha value is -1.42. The highest BCUT2D eigenvalue weighted by atomic mass is 32.2. The fourth-order valence-corrected chi connectivity index (χ4v) is 2.46. The number of aliphatic hydroxyl groups is 1. The largest absolute Gasteiger partial charge is 0.515 e. The minimum absolute atomic E-state index is 0.103. The summed E-state index contributed by atoms with van der Waals surface area (Å²) in [4.78, 5) is 12.7. The van der Waals surface area contributed by atoms with E-state index in [0.717, 1.165) is 16.9 Å². The molecule has 0 saturated heterocycles. The molecule has 15 heavy (non-hydrogen) atoms. The van der Waals surface area contributed by atoms with Crippen LogP contribution >= 0.6 is 11.8 Å². The standard InChI is InChI=1S/C11H10O3S/c1-14-8-2-3-9-10(4-8)15-6-7(5-12)11(9)13/h2-5,12H,6H2,1H3/b7-5-. The van der Waals surface area contributed by atoms with E-state index in [1.54, 1.807) is 19.2 Å². The molecule has 0 spiro atoms. The van der Waals surface area contributed by atoms with Crippen molar-refractivity contribution in [3.8, 4) is 5.75 Å². The van der Waals surface area contributed by atoms with Gasteiger partial charge < -0.3 is 9.84 Å². The molecule has 3 nitrogen and oxygen atoms in total. The summed E-state index contributed by atoms with van der Waals surface area (Å²) < 4.78 is 5.08. The number of hydrogen-bond acceptors (Lipinski definition) is 4. The lowest BCUT2D eigenvalue weighted by Gasteiger charge is -2.16. The Morgan fingerprint density at radius 1 is 1.53 bits per heavy atom. The number of methoxy groups -OCH3 is 1. The van der Waals surface area contributed by atoms with Crippen LogP contribution in [-0.4, -0.2) is 23.8 Å². The first-order chi connectivity index (χ1) is 7.26. The summed E-state index contributed by atoms with van der Waals surface area (Å²) in [6, 6.07) is 5.32. The van der Waals surface area contributed by atoms with Crippen LogP contribution in [0.5, 0.6) is 5.75 Å². The Morgan fingerprint density at radius 3 is 3.00 bits per heavy atom. The number of carbonyl (C=O) groups excluding carboxylic acids is 1. The van der Waals surface area contributed by atoms with E-state index in [-0.39, 0.29) is 5.78 Å². The molecule has 4 heteroatoms. The summed E-state index contributed by atoms with van der Waals surface area (Å²) in [5.41, 5.74) is 1.07. The third kappa shape index (κ3) is 1.72. The molecule has 1 heterocycles. The molecule has 0 radical (unpaired) electrons. The van der Waals surface area contributed by atoms with Crippen LogP contribution in [0.4, 0.5) is 0 Å². The lowest BCUT2D eigenvalue weighted by atomic mass is 10.0. The fourth-order valence-electron chi connectivity index (χ4n) is 1.43. The quantitative estimate of drug-likeness (QED) is 0.585. The maximum absolute atomic E-state index is 11.8. The lowest BCUT2D eigenvalue weighted by Crippen LogP contribution is -2.12. The maximum Gasteiger partial charge on any atom is 0.194 e. The molecule has 0 aromatic heterocycles. The van der Waals surface area contributed by atoms with Crippen molar-refractivity contribution in [1.82, 2.24) is 0 Å². The molecule has 1 N–H and O–H groups in total. The van der Waals surface area contributed by atoms with Crippen LogP contribution in [-0.2, 0) is 0 Å². The molecule has 0 amide bonds. The molecular weight excluding hydrogens is 212 g/mol. The van der Waals surface area contributed by atoms with Gasteiger partial charge in [-0.25, -0.2) is 0 Å². The zero-order valence-corrected chi connectivity index (χ0v) is 9.00. The monoisotopic (exact) mass is 222 g/mol. The summed E-state index contributed by atoms with van der Waals surface area (Å²) >= 11 is 1.53. The summed E-state index contributed by atoms with van der Waals surface area (Å²) in [5.74, 6) is 1.15. The zero-order chi connectivity index (χ0) is 10.8. The van der Waals surface area contributed by atoms with Gasteiger partial charge in [-0.15, -0.1) is 11.8 Å². The first kappa shape index (κ1) is 10.1. The normalized spacial score (nSPS) is 17.7. The number of Topliss-reactive ketones (excluding diaryl/α,β-unsaturated/α-hetero) is 1. The average molecular weight is 222 g/mol. The Balaban J connectivity index is 2.46. The van der Waals surface area contributed by atoms with Gasteiger partial charge in [0.2, 0.25) is 0 Å². The summed E-state index contributed by atoms with van der Waals surface area (Å²) in [5, 5.41) is 8.87. The van der Waals surface area contributed by atoms with Crippen molar-refractivity contribution in [2.75, 3.05) is 12.9 Å². The number of rotatable bonds is 1. The molecule has 1 aliphatic rings. The average Bonchev–Trinajstić information content (AvgIpc) is 2.29. The molecule has 1 aromatic carbocycles. The predicted octanol–water partition coefficient (Wildman–Crippen LogP) is 2.43. The number of aliphatic hydroxyl groups excluding tert-OH is 1. The van der Waals surface area contributed by atoms with Gasteiger partial charge in [0.25, 0.3) is 0 Å². The van der Waals surface area contributed by atoms with Crippen LogP contribution in [0, 0.1) is 0 Å². The molecule has 0 fully saturated rings. The van der Waals surface area contributed by atoms with Crippen molar-refractivity contribution in [2.24, 2.45) is 0 Å². The van der Waals surface area contributed by atoms with Crippen molar-refractivity contribution in [1.29, 1.82) is 0 Å². The highest BCUT2D eigenvalue weighted by Gasteiger charge is 2.22. The van der Waals surface area contributed by atoms with E-state index < -0.39 is 0 Å². The van der Waals surface area contributed by atoms with Crippen molar-refractivity contribution in [3.05, 3.63) is 35.6 Å². The number of carbonyl (C=O) groups is 1. The topological polar surface area (TPSA) is 46.5 Å². The molecule has 1 aromatic rings. The maximum atomic E-state index is 11.8. The predicted molar refractivity (Wildman–Crippen MR) is 58.8 cm³/mol. The second-order valence-electron chi connectivity index (χ2n) is 3.13. The first-order valence-corrected chi connectivity index (χ1v) is 5.43. The van der Waals surface area contributed by atoms with Crippen molar-refractivity contribution < 1.29 is 14.6 Å². The lowest BCUT2D eigenvalue weighted by molar-refractivity contribution is 0.102. The molecule has 78 valence electrons. The Bertz CT molecular complexity index is 437. The molecule has 1 aliphatic heterocycles. The molecule has 0 aliphatic carbocycles. The van der Waals surface area contributed by atoms with E-state index >= 15 is 0 Å². The van der Waals surface area contributed by atoms with Gasteiger partial charge in [0.15, 0.2) is 5.78 Å². The molecule has 0 saturated carbocycles. The number of ketones is 1. The van der Waals surface area contributed by atoms with E-state index in [4.69, 9.17) is 9.84 Å². The van der Waals surface area contributed by atoms with E-state index in [1.165, 1.54) is 11.8 Å². The highest BCUT2D eigenvalue weighted by molar-refractivity contribution is 7.99. The summed E-state index contributed by atoms with van der Waals surface area (Å²) in [6.07, 6.45) is 0.891. The summed E-state index contributed by atoms with van der Waals surface area (Å²) in [7, 11) is 1.59. The number of benzene rings is 1. The number of fused-ring (bicyclic) bond motifs is 1.